The minimum Gasteiger partial charge on any atom is -0.490 e. The summed E-state index contributed by atoms with van der Waals surface area (Å²) in [6.45, 7) is 6.67. The molecule has 0 bridgehead atoms. The van der Waals surface area contributed by atoms with E-state index in [1.807, 2.05) is 25.1 Å². The molecule has 3 heterocycles. The Bertz CT molecular complexity index is 967. The number of amides is 1. The second-order valence-electron chi connectivity index (χ2n) is 6.63. The average molecular weight is 382 g/mol. The van der Waals surface area contributed by atoms with Crippen LogP contribution in [0.25, 0.3) is 5.65 Å². The molecule has 146 valence electrons. The first-order chi connectivity index (χ1) is 13.7. The lowest BCUT2D eigenvalue weighted by atomic mass is 10.2. The summed E-state index contributed by atoms with van der Waals surface area (Å²) in [5.74, 6) is 0.350. The molecule has 0 atom stereocenters. The molecule has 0 aliphatic carbocycles. The molecule has 0 saturated carbocycles. The van der Waals surface area contributed by atoms with Crippen molar-refractivity contribution >= 4 is 17.2 Å². The van der Waals surface area contributed by atoms with E-state index in [1.165, 1.54) is 4.52 Å². The minimum absolute atomic E-state index is 0.288. The number of aryl methyl sites for hydroxylation is 1. The van der Waals surface area contributed by atoms with Gasteiger partial charge in [-0.2, -0.15) is 4.52 Å². The lowest BCUT2D eigenvalue weighted by molar-refractivity contribution is 0.0323. The monoisotopic (exact) mass is 382 g/mol. The SMILES string of the molecule is Cc1ccc(OCCN2CCOCC2)c(NC(=O)c2cccn3nnnc23)c1. The predicted octanol–water partition coefficient (Wildman–Crippen LogP) is 1.40. The van der Waals surface area contributed by atoms with E-state index < -0.39 is 0 Å². The van der Waals surface area contributed by atoms with Crippen LogP contribution in [0.15, 0.2) is 36.5 Å². The van der Waals surface area contributed by atoms with Crippen molar-refractivity contribution in [1.29, 1.82) is 0 Å². The molecule has 9 nitrogen and oxygen atoms in total. The number of carbonyl (C=O) groups is 1. The zero-order valence-electron chi connectivity index (χ0n) is 15.7. The van der Waals surface area contributed by atoms with Gasteiger partial charge in [-0.1, -0.05) is 6.07 Å². The molecular formula is C19H22N6O3. The summed E-state index contributed by atoms with van der Waals surface area (Å²) in [5.41, 5.74) is 2.45. The third-order valence-electron chi connectivity index (χ3n) is 4.62. The zero-order valence-corrected chi connectivity index (χ0v) is 15.7. The molecule has 4 rings (SSSR count). The molecule has 1 aliphatic heterocycles. The van der Waals surface area contributed by atoms with Gasteiger partial charge in [-0.25, -0.2) is 0 Å². The molecule has 0 spiro atoms. The first kappa shape index (κ1) is 18.3. The Labute approximate surface area is 162 Å². The van der Waals surface area contributed by atoms with Gasteiger partial charge in [-0.15, -0.1) is 5.10 Å². The van der Waals surface area contributed by atoms with Crippen LogP contribution in [0.4, 0.5) is 5.69 Å². The molecule has 1 saturated heterocycles. The molecule has 1 N–H and O–H groups in total. The van der Waals surface area contributed by atoms with E-state index in [4.69, 9.17) is 9.47 Å². The molecule has 1 fully saturated rings. The maximum absolute atomic E-state index is 12.8. The summed E-state index contributed by atoms with van der Waals surface area (Å²) in [6.07, 6.45) is 1.69. The number of ether oxygens (including phenoxy) is 2. The van der Waals surface area contributed by atoms with Crippen LogP contribution in [-0.2, 0) is 4.74 Å². The Kier molecular flexibility index (Phi) is 5.45. The summed E-state index contributed by atoms with van der Waals surface area (Å²) < 4.78 is 12.8. The van der Waals surface area contributed by atoms with E-state index in [-0.39, 0.29) is 5.91 Å². The highest BCUT2D eigenvalue weighted by Crippen LogP contribution is 2.26. The van der Waals surface area contributed by atoms with Crippen LogP contribution in [0.5, 0.6) is 5.75 Å². The van der Waals surface area contributed by atoms with Crippen LogP contribution in [0.3, 0.4) is 0 Å². The molecule has 1 amide bonds. The normalized spacial score (nSPS) is 14.9. The highest BCUT2D eigenvalue weighted by atomic mass is 16.5. The summed E-state index contributed by atoms with van der Waals surface area (Å²) in [6, 6.07) is 9.15. The van der Waals surface area contributed by atoms with Gasteiger partial charge in [0.1, 0.15) is 12.4 Å². The second kappa shape index (κ2) is 8.32. The number of hydrogen-bond acceptors (Lipinski definition) is 7. The zero-order chi connectivity index (χ0) is 19.3. The fourth-order valence-electron chi connectivity index (χ4n) is 3.11. The molecule has 0 unspecified atom stereocenters. The summed E-state index contributed by atoms with van der Waals surface area (Å²) >= 11 is 0. The third-order valence-corrected chi connectivity index (χ3v) is 4.62. The maximum atomic E-state index is 12.8. The number of nitrogens with one attached hydrogen (secondary N) is 1. The van der Waals surface area contributed by atoms with Gasteiger partial charge in [0, 0.05) is 25.8 Å². The number of morpholine rings is 1. The van der Waals surface area contributed by atoms with Gasteiger partial charge < -0.3 is 14.8 Å². The van der Waals surface area contributed by atoms with Crippen molar-refractivity contribution in [2.75, 3.05) is 44.8 Å². The van der Waals surface area contributed by atoms with Gasteiger partial charge in [0.05, 0.1) is 24.5 Å². The third kappa shape index (κ3) is 4.10. The number of tetrazole rings is 1. The lowest BCUT2D eigenvalue weighted by Crippen LogP contribution is -2.38. The summed E-state index contributed by atoms with van der Waals surface area (Å²) in [4.78, 5) is 15.1. The van der Waals surface area contributed by atoms with Gasteiger partial charge in [0.15, 0.2) is 5.65 Å². The number of carbonyl (C=O) groups excluding carboxylic acids is 1. The number of rotatable bonds is 6. The molecule has 28 heavy (non-hydrogen) atoms. The van der Waals surface area contributed by atoms with Crippen molar-refractivity contribution in [2.45, 2.75) is 6.92 Å². The molecule has 2 aromatic heterocycles. The van der Waals surface area contributed by atoms with E-state index in [0.29, 0.717) is 29.3 Å². The van der Waals surface area contributed by atoms with Crippen LogP contribution in [-0.4, -0.2) is 70.3 Å². The Morgan fingerprint density at radius 1 is 1.29 bits per heavy atom. The lowest BCUT2D eigenvalue weighted by Gasteiger charge is -2.26. The van der Waals surface area contributed by atoms with E-state index in [9.17, 15) is 4.79 Å². The fraction of sp³-hybridized carbons (Fsp3) is 0.368. The van der Waals surface area contributed by atoms with Crippen molar-refractivity contribution in [3.8, 4) is 5.75 Å². The first-order valence-corrected chi connectivity index (χ1v) is 9.22. The van der Waals surface area contributed by atoms with Crippen molar-refractivity contribution in [1.82, 2.24) is 24.9 Å². The number of hydrogen-bond donors (Lipinski definition) is 1. The summed E-state index contributed by atoms with van der Waals surface area (Å²) in [5, 5.41) is 14.3. The first-order valence-electron chi connectivity index (χ1n) is 9.22. The Hall–Kier alpha value is -3.04. The molecule has 1 aliphatic rings. The highest BCUT2D eigenvalue weighted by molar-refractivity contribution is 6.08. The number of benzene rings is 1. The maximum Gasteiger partial charge on any atom is 0.259 e. The van der Waals surface area contributed by atoms with Crippen LogP contribution in [0.2, 0.25) is 0 Å². The van der Waals surface area contributed by atoms with E-state index in [0.717, 1.165) is 38.4 Å². The van der Waals surface area contributed by atoms with Gasteiger partial charge in [-0.05, 0) is 47.2 Å². The number of aromatic nitrogens is 4. The quantitative estimate of drug-likeness (QED) is 0.689. The van der Waals surface area contributed by atoms with Crippen LogP contribution < -0.4 is 10.1 Å². The van der Waals surface area contributed by atoms with E-state index in [2.05, 4.69) is 25.7 Å². The molecule has 0 radical (unpaired) electrons. The number of anilines is 1. The van der Waals surface area contributed by atoms with Gasteiger partial charge in [0.2, 0.25) is 0 Å². The molecule has 3 aromatic rings. The minimum atomic E-state index is -0.288. The average Bonchev–Trinajstić information content (AvgIpc) is 3.19. The smallest absolute Gasteiger partial charge is 0.259 e. The van der Waals surface area contributed by atoms with Crippen LogP contribution in [0.1, 0.15) is 15.9 Å². The molecule has 9 heteroatoms. The van der Waals surface area contributed by atoms with Gasteiger partial charge in [-0.3, -0.25) is 9.69 Å². The largest absolute Gasteiger partial charge is 0.490 e. The molecule has 1 aromatic carbocycles. The van der Waals surface area contributed by atoms with Crippen LogP contribution in [0, 0.1) is 6.92 Å². The van der Waals surface area contributed by atoms with Crippen molar-refractivity contribution in [2.24, 2.45) is 0 Å². The number of pyridine rings is 1. The summed E-state index contributed by atoms with van der Waals surface area (Å²) in [7, 11) is 0. The van der Waals surface area contributed by atoms with Crippen LogP contribution >= 0.6 is 0 Å². The number of fused-ring (bicyclic) bond motifs is 1. The highest BCUT2D eigenvalue weighted by Gasteiger charge is 2.16. The number of nitrogens with zero attached hydrogens (tertiary/aromatic N) is 5. The standard InChI is InChI=1S/C19H22N6O3/c1-14-4-5-17(28-12-9-24-7-10-27-11-8-24)16(13-14)20-19(26)15-3-2-6-25-18(15)21-22-23-25/h2-6,13H,7-12H2,1H3,(H,20,26). The topological polar surface area (TPSA) is 93.9 Å². The second-order valence-corrected chi connectivity index (χ2v) is 6.63. The predicted molar refractivity (Wildman–Crippen MR) is 103 cm³/mol. The van der Waals surface area contributed by atoms with Crippen molar-refractivity contribution in [3.05, 3.63) is 47.7 Å². The molecular weight excluding hydrogens is 360 g/mol. The van der Waals surface area contributed by atoms with Crippen molar-refractivity contribution < 1.29 is 14.3 Å². The van der Waals surface area contributed by atoms with E-state index in [1.54, 1.807) is 18.3 Å². The van der Waals surface area contributed by atoms with E-state index >= 15 is 0 Å². The van der Waals surface area contributed by atoms with Crippen molar-refractivity contribution in [3.63, 3.8) is 0 Å². The van der Waals surface area contributed by atoms with Gasteiger partial charge in [0.25, 0.3) is 5.91 Å². The van der Waals surface area contributed by atoms with Gasteiger partial charge >= 0.3 is 0 Å². The Morgan fingerprint density at radius 2 is 2.14 bits per heavy atom. The fourth-order valence-corrected chi connectivity index (χ4v) is 3.11. The Balaban J connectivity index is 1.46. The Morgan fingerprint density at radius 3 is 3.00 bits per heavy atom.